The van der Waals surface area contributed by atoms with Crippen molar-refractivity contribution in [2.24, 2.45) is 5.92 Å². The molecule has 27 heavy (non-hydrogen) atoms. The average molecular weight is 366 g/mol. The zero-order chi connectivity index (χ0) is 19.4. The van der Waals surface area contributed by atoms with Crippen molar-refractivity contribution in [2.45, 2.75) is 39.7 Å². The van der Waals surface area contributed by atoms with Crippen molar-refractivity contribution >= 4 is 23.2 Å². The Labute approximate surface area is 160 Å². The minimum absolute atomic E-state index is 0.0333. The van der Waals surface area contributed by atoms with Gasteiger partial charge in [-0.2, -0.15) is 0 Å². The van der Waals surface area contributed by atoms with Crippen LogP contribution in [0.15, 0.2) is 48.5 Å². The summed E-state index contributed by atoms with van der Waals surface area (Å²) in [6.07, 6.45) is 1.29. The molecule has 1 saturated heterocycles. The predicted molar refractivity (Wildman–Crippen MR) is 107 cm³/mol. The Morgan fingerprint density at radius 1 is 1.15 bits per heavy atom. The molecule has 1 aliphatic rings. The van der Waals surface area contributed by atoms with Crippen LogP contribution < -0.4 is 15.0 Å². The molecule has 0 saturated carbocycles. The summed E-state index contributed by atoms with van der Waals surface area (Å²) in [5.74, 6) is 0.268. The Morgan fingerprint density at radius 3 is 2.41 bits per heavy atom. The van der Waals surface area contributed by atoms with Gasteiger partial charge in [-0.3, -0.25) is 9.59 Å². The first-order valence-electron chi connectivity index (χ1n) is 9.43. The van der Waals surface area contributed by atoms with Crippen LogP contribution in [-0.2, 0) is 16.0 Å². The molecule has 142 valence electrons. The third-order valence-corrected chi connectivity index (χ3v) is 4.65. The smallest absolute Gasteiger partial charge is 0.229 e. The van der Waals surface area contributed by atoms with E-state index in [4.69, 9.17) is 4.74 Å². The lowest BCUT2D eigenvalue weighted by molar-refractivity contribution is -0.122. The number of nitrogens with zero attached hydrogens (tertiary/aromatic N) is 1. The van der Waals surface area contributed by atoms with E-state index in [0.717, 1.165) is 23.5 Å². The molecule has 1 N–H and O–H groups in total. The van der Waals surface area contributed by atoms with Gasteiger partial charge >= 0.3 is 0 Å². The number of amides is 2. The molecule has 0 spiro atoms. The minimum Gasteiger partial charge on any atom is -0.491 e. The first kappa shape index (κ1) is 19.0. The highest BCUT2D eigenvalue weighted by molar-refractivity contribution is 6.03. The van der Waals surface area contributed by atoms with Gasteiger partial charge < -0.3 is 15.0 Å². The number of carbonyl (C=O) groups is 2. The lowest BCUT2D eigenvalue weighted by atomic mass is 10.1. The number of benzene rings is 2. The van der Waals surface area contributed by atoms with Crippen molar-refractivity contribution in [1.29, 1.82) is 0 Å². The zero-order valence-electron chi connectivity index (χ0n) is 16.1. The highest BCUT2D eigenvalue weighted by atomic mass is 16.5. The van der Waals surface area contributed by atoms with E-state index >= 15 is 0 Å². The topological polar surface area (TPSA) is 58.6 Å². The van der Waals surface area contributed by atoms with Crippen molar-refractivity contribution in [2.75, 3.05) is 16.8 Å². The van der Waals surface area contributed by atoms with E-state index < -0.39 is 0 Å². The number of hydrogen-bond donors (Lipinski definition) is 1. The van der Waals surface area contributed by atoms with E-state index in [-0.39, 0.29) is 30.3 Å². The quantitative estimate of drug-likeness (QED) is 0.840. The van der Waals surface area contributed by atoms with Gasteiger partial charge in [-0.05, 0) is 62.2 Å². The highest BCUT2D eigenvalue weighted by Crippen LogP contribution is 2.28. The van der Waals surface area contributed by atoms with Crippen LogP contribution in [0.3, 0.4) is 0 Å². The summed E-state index contributed by atoms with van der Waals surface area (Å²) in [6, 6.07) is 15.2. The van der Waals surface area contributed by atoms with E-state index in [9.17, 15) is 9.59 Å². The second-order valence-corrected chi connectivity index (χ2v) is 7.11. The van der Waals surface area contributed by atoms with Crippen LogP contribution in [0.1, 0.15) is 32.8 Å². The second kappa shape index (κ2) is 8.25. The SMILES string of the molecule is CCc1ccc(NC(=O)[C@H]2CC(=O)N(c3ccc(OC(C)C)cc3)C2)cc1. The maximum Gasteiger partial charge on any atom is 0.229 e. The second-order valence-electron chi connectivity index (χ2n) is 7.11. The van der Waals surface area contributed by atoms with Gasteiger partial charge in [0.05, 0.1) is 12.0 Å². The van der Waals surface area contributed by atoms with Crippen molar-refractivity contribution in [3.05, 3.63) is 54.1 Å². The average Bonchev–Trinajstić information content (AvgIpc) is 3.04. The number of ether oxygens (including phenoxy) is 1. The summed E-state index contributed by atoms with van der Waals surface area (Å²) in [7, 11) is 0. The fourth-order valence-electron chi connectivity index (χ4n) is 3.18. The van der Waals surface area contributed by atoms with Crippen molar-refractivity contribution < 1.29 is 14.3 Å². The number of rotatable bonds is 6. The molecular formula is C22H26N2O3. The van der Waals surface area contributed by atoms with Gasteiger partial charge in [-0.15, -0.1) is 0 Å². The molecule has 0 bridgehead atoms. The largest absolute Gasteiger partial charge is 0.491 e. The number of nitrogens with one attached hydrogen (secondary N) is 1. The fourth-order valence-corrected chi connectivity index (χ4v) is 3.18. The van der Waals surface area contributed by atoms with Crippen LogP contribution in [0.5, 0.6) is 5.75 Å². The molecule has 1 fully saturated rings. The van der Waals surface area contributed by atoms with Gasteiger partial charge in [0.1, 0.15) is 5.75 Å². The Kier molecular flexibility index (Phi) is 5.79. The summed E-state index contributed by atoms with van der Waals surface area (Å²) in [5.41, 5.74) is 2.78. The molecule has 0 aliphatic carbocycles. The lowest BCUT2D eigenvalue weighted by Crippen LogP contribution is -2.28. The molecule has 1 heterocycles. The van der Waals surface area contributed by atoms with Gasteiger partial charge in [-0.1, -0.05) is 19.1 Å². The summed E-state index contributed by atoms with van der Waals surface area (Å²) in [6.45, 7) is 6.42. The number of carbonyl (C=O) groups excluding carboxylic acids is 2. The first-order valence-corrected chi connectivity index (χ1v) is 9.43. The molecule has 5 nitrogen and oxygen atoms in total. The van der Waals surface area contributed by atoms with E-state index in [0.29, 0.717) is 6.54 Å². The molecule has 0 unspecified atom stereocenters. The van der Waals surface area contributed by atoms with Crippen LogP contribution in [0.4, 0.5) is 11.4 Å². The van der Waals surface area contributed by atoms with Crippen LogP contribution in [0, 0.1) is 5.92 Å². The molecular weight excluding hydrogens is 340 g/mol. The van der Waals surface area contributed by atoms with Gasteiger partial charge in [0, 0.05) is 24.3 Å². The van der Waals surface area contributed by atoms with E-state index in [1.807, 2.05) is 62.4 Å². The van der Waals surface area contributed by atoms with Gasteiger partial charge in [-0.25, -0.2) is 0 Å². The van der Waals surface area contributed by atoms with E-state index in [2.05, 4.69) is 12.2 Å². The van der Waals surface area contributed by atoms with E-state index in [1.165, 1.54) is 5.56 Å². The monoisotopic (exact) mass is 366 g/mol. The Bertz CT molecular complexity index is 797. The number of hydrogen-bond acceptors (Lipinski definition) is 3. The maximum absolute atomic E-state index is 12.6. The fraction of sp³-hybridized carbons (Fsp3) is 0.364. The molecule has 2 aromatic rings. The zero-order valence-corrected chi connectivity index (χ0v) is 16.1. The molecule has 2 amide bonds. The molecule has 0 aromatic heterocycles. The summed E-state index contributed by atoms with van der Waals surface area (Å²) < 4.78 is 5.63. The third-order valence-electron chi connectivity index (χ3n) is 4.65. The van der Waals surface area contributed by atoms with Gasteiger partial charge in [0.15, 0.2) is 0 Å². The first-order chi connectivity index (χ1) is 13.0. The highest BCUT2D eigenvalue weighted by Gasteiger charge is 2.35. The summed E-state index contributed by atoms with van der Waals surface area (Å²) in [4.78, 5) is 26.6. The third kappa shape index (κ3) is 4.67. The normalized spacial score (nSPS) is 16.7. The summed E-state index contributed by atoms with van der Waals surface area (Å²) in [5, 5.41) is 2.92. The predicted octanol–water partition coefficient (Wildman–Crippen LogP) is 4.03. The van der Waals surface area contributed by atoms with Crippen LogP contribution >= 0.6 is 0 Å². The minimum atomic E-state index is -0.352. The van der Waals surface area contributed by atoms with Crippen molar-refractivity contribution in [1.82, 2.24) is 0 Å². The van der Waals surface area contributed by atoms with Crippen LogP contribution in [-0.4, -0.2) is 24.5 Å². The Balaban J connectivity index is 1.62. The standard InChI is InChI=1S/C22H26N2O3/c1-4-16-5-7-18(8-6-16)23-22(26)17-13-21(25)24(14-17)19-9-11-20(12-10-19)27-15(2)3/h5-12,15,17H,4,13-14H2,1-3H3,(H,23,26)/t17-/m0/s1. The molecule has 0 radical (unpaired) electrons. The Hall–Kier alpha value is -2.82. The maximum atomic E-state index is 12.6. The number of anilines is 2. The Morgan fingerprint density at radius 2 is 1.81 bits per heavy atom. The summed E-state index contributed by atoms with van der Waals surface area (Å²) >= 11 is 0. The van der Waals surface area contributed by atoms with E-state index in [1.54, 1.807) is 4.90 Å². The molecule has 3 rings (SSSR count). The van der Waals surface area contributed by atoms with Gasteiger partial charge in [0.25, 0.3) is 0 Å². The molecule has 1 atom stereocenters. The van der Waals surface area contributed by atoms with Crippen LogP contribution in [0.2, 0.25) is 0 Å². The van der Waals surface area contributed by atoms with Crippen molar-refractivity contribution in [3.63, 3.8) is 0 Å². The van der Waals surface area contributed by atoms with Crippen molar-refractivity contribution in [3.8, 4) is 5.75 Å². The number of aryl methyl sites for hydroxylation is 1. The molecule has 2 aromatic carbocycles. The van der Waals surface area contributed by atoms with Gasteiger partial charge in [0.2, 0.25) is 11.8 Å². The molecule has 1 aliphatic heterocycles. The lowest BCUT2D eigenvalue weighted by Gasteiger charge is -2.18. The molecule has 5 heteroatoms. The van der Waals surface area contributed by atoms with Crippen LogP contribution in [0.25, 0.3) is 0 Å².